The van der Waals surface area contributed by atoms with E-state index in [1.807, 2.05) is 11.0 Å². The van der Waals surface area contributed by atoms with Gasteiger partial charge in [-0.25, -0.2) is 9.97 Å². The van der Waals surface area contributed by atoms with Crippen molar-refractivity contribution in [2.45, 2.75) is 83.2 Å². The Morgan fingerprint density at radius 1 is 1.07 bits per heavy atom. The van der Waals surface area contributed by atoms with E-state index >= 15 is 0 Å². The van der Waals surface area contributed by atoms with Gasteiger partial charge < -0.3 is 14.4 Å². The molecule has 2 aliphatic carbocycles. The first-order valence-corrected chi connectivity index (χ1v) is 14.2. The SMILES string of the molecule is CO[C@H]1CCC[C@@H](CC(=O)[C@@H]2C[C@H]3C[C@H]3N2C(=O)Cn2nc(C(C)=O)c3cc(OCc4ncccn4)ccc32)C1. The van der Waals surface area contributed by atoms with Gasteiger partial charge in [0.1, 0.15) is 24.6 Å². The van der Waals surface area contributed by atoms with Crippen molar-refractivity contribution in [2.24, 2.45) is 11.8 Å². The molecule has 2 saturated carbocycles. The van der Waals surface area contributed by atoms with E-state index in [9.17, 15) is 14.4 Å². The summed E-state index contributed by atoms with van der Waals surface area (Å²) in [5.41, 5.74) is 0.955. The fourth-order valence-corrected chi connectivity index (χ4v) is 6.56. The minimum atomic E-state index is -0.367. The van der Waals surface area contributed by atoms with Crippen LogP contribution in [0.2, 0.25) is 0 Å². The molecule has 0 spiro atoms. The highest BCUT2D eigenvalue weighted by Gasteiger charge is 2.55. The molecule has 0 N–H and O–H groups in total. The van der Waals surface area contributed by atoms with Gasteiger partial charge in [0.15, 0.2) is 17.4 Å². The number of ether oxygens (including phenoxy) is 2. The molecule has 0 bridgehead atoms. The van der Waals surface area contributed by atoms with Crippen molar-refractivity contribution in [3.63, 3.8) is 0 Å². The number of carbonyl (C=O) groups is 3. The van der Waals surface area contributed by atoms with Crippen LogP contribution in [0.15, 0.2) is 36.7 Å². The van der Waals surface area contributed by atoms with Crippen LogP contribution >= 0.6 is 0 Å². The standard InChI is InChI=1S/C30H35N5O5/c1-18(36)30-23-15-22(40-17-28-31-9-4-10-32-28)7-8-24(23)34(33-30)16-29(38)35-25-13-20(25)14-26(35)27(37)12-19-5-3-6-21(11-19)39-2/h4,7-10,15,19-21,25-26H,3,5-6,11-14,16-17H2,1-2H3/t19-,20-,21+,25-,26+/m1/s1. The highest BCUT2D eigenvalue weighted by molar-refractivity contribution is 6.05. The highest BCUT2D eigenvalue weighted by Crippen LogP contribution is 2.48. The number of aromatic nitrogens is 4. The Balaban J connectivity index is 1.17. The summed E-state index contributed by atoms with van der Waals surface area (Å²) < 4.78 is 13.0. The molecule has 5 atom stereocenters. The average Bonchev–Trinajstić information content (AvgIpc) is 3.47. The normalized spacial score (nSPS) is 25.6. The molecule has 1 amide bonds. The van der Waals surface area contributed by atoms with Gasteiger partial charge in [-0.2, -0.15) is 5.10 Å². The van der Waals surface area contributed by atoms with Gasteiger partial charge in [0, 0.05) is 44.3 Å². The predicted molar refractivity (Wildman–Crippen MR) is 146 cm³/mol. The largest absolute Gasteiger partial charge is 0.486 e. The van der Waals surface area contributed by atoms with Crippen LogP contribution in [0.25, 0.3) is 10.9 Å². The maximum Gasteiger partial charge on any atom is 0.245 e. The first-order valence-electron chi connectivity index (χ1n) is 14.2. The van der Waals surface area contributed by atoms with Crippen molar-refractivity contribution < 1.29 is 23.9 Å². The minimum Gasteiger partial charge on any atom is -0.486 e. The Labute approximate surface area is 233 Å². The fraction of sp³-hybridized carbons (Fsp3) is 0.533. The molecule has 210 valence electrons. The van der Waals surface area contributed by atoms with Crippen molar-refractivity contribution in [1.29, 1.82) is 0 Å². The van der Waals surface area contributed by atoms with Crippen molar-refractivity contribution in [1.82, 2.24) is 24.6 Å². The van der Waals surface area contributed by atoms with Gasteiger partial charge in [0.2, 0.25) is 5.91 Å². The fourth-order valence-electron chi connectivity index (χ4n) is 6.56. The molecule has 1 aliphatic heterocycles. The molecule has 3 aromatic rings. The van der Waals surface area contributed by atoms with Crippen LogP contribution in [0, 0.1) is 11.8 Å². The van der Waals surface area contributed by atoms with Crippen LogP contribution in [0.1, 0.15) is 68.2 Å². The minimum absolute atomic E-state index is 0.0238. The lowest BCUT2D eigenvalue weighted by Crippen LogP contribution is -2.45. The summed E-state index contributed by atoms with van der Waals surface area (Å²) in [7, 11) is 1.74. The third kappa shape index (κ3) is 5.37. The molecule has 1 saturated heterocycles. The van der Waals surface area contributed by atoms with Crippen LogP contribution in [-0.2, 0) is 27.5 Å². The Bertz CT molecular complexity index is 1420. The number of Topliss-reactive ketones (excluding diaryl/α,β-unsaturated/α-hetero) is 2. The van der Waals surface area contributed by atoms with Crippen LogP contribution < -0.4 is 4.74 Å². The third-order valence-electron chi connectivity index (χ3n) is 8.65. The van der Waals surface area contributed by atoms with E-state index in [1.165, 1.54) is 6.92 Å². The van der Waals surface area contributed by atoms with E-state index in [1.54, 1.807) is 42.4 Å². The monoisotopic (exact) mass is 545 g/mol. The van der Waals surface area contributed by atoms with Gasteiger partial charge in [0.25, 0.3) is 0 Å². The van der Waals surface area contributed by atoms with Crippen molar-refractivity contribution >= 4 is 28.4 Å². The molecule has 0 unspecified atom stereocenters. The van der Waals surface area contributed by atoms with Crippen LogP contribution in [0.3, 0.4) is 0 Å². The number of carbonyl (C=O) groups excluding carboxylic acids is 3. The molecule has 40 heavy (non-hydrogen) atoms. The van der Waals surface area contributed by atoms with E-state index < -0.39 is 0 Å². The number of piperidine rings is 1. The van der Waals surface area contributed by atoms with Gasteiger partial charge in [-0.15, -0.1) is 0 Å². The molecular formula is C30H35N5O5. The summed E-state index contributed by atoms with van der Waals surface area (Å²) in [6.07, 6.45) is 9.81. The maximum absolute atomic E-state index is 13.7. The number of amides is 1. The number of ketones is 2. The smallest absolute Gasteiger partial charge is 0.245 e. The zero-order chi connectivity index (χ0) is 27.8. The Hall–Kier alpha value is -3.66. The number of benzene rings is 1. The van der Waals surface area contributed by atoms with E-state index in [0.29, 0.717) is 40.7 Å². The Morgan fingerprint density at radius 2 is 1.90 bits per heavy atom. The average molecular weight is 546 g/mol. The molecule has 3 aliphatic rings. The molecule has 2 aromatic heterocycles. The second-order valence-corrected chi connectivity index (χ2v) is 11.4. The highest BCUT2D eigenvalue weighted by atomic mass is 16.5. The summed E-state index contributed by atoms with van der Waals surface area (Å²) in [5.74, 6) is 1.68. The van der Waals surface area contributed by atoms with Gasteiger partial charge in [0.05, 0.1) is 17.7 Å². The predicted octanol–water partition coefficient (Wildman–Crippen LogP) is 3.76. The quantitative estimate of drug-likeness (QED) is 0.354. The summed E-state index contributed by atoms with van der Waals surface area (Å²) in [6, 6.07) is 6.86. The lowest BCUT2D eigenvalue weighted by Gasteiger charge is -2.31. The molecule has 3 fully saturated rings. The van der Waals surface area contributed by atoms with Gasteiger partial charge in [-0.3, -0.25) is 19.1 Å². The van der Waals surface area contributed by atoms with Crippen molar-refractivity contribution in [3.8, 4) is 5.75 Å². The zero-order valence-corrected chi connectivity index (χ0v) is 23.0. The zero-order valence-electron chi connectivity index (χ0n) is 23.0. The second kappa shape index (κ2) is 11.1. The van der Waals surface area contributed by atoms with E-state index in [2.05, 4.69) is 15.1 Å². The summed E-state index contributed by atoms with van der Waals surface area (Å²) in [5, 5.41) is 5.14. The third-order valence-corrected chi connectivity index (χ3v) is 8.65. The molecule has 10 nitrogen and oxygen atoms in total. The number of rotatable bonds is 10. The van der Waals surface area contributed by atoms with Crippen molar-refractivity contribution in [3.05, 3.63) is 48.2 Å². The number of likely N-dealkylation sites (tertiary alicyclic amines) is 1. The Kier molecular flexibility index (Phi) is 7.35. The molecule has 1 aromatic carbocycles. The first kappa shape index (κ1) is 26.6. The molecule has 6 rings (SSSR count). The van der Waals surface area contributed by atoms with E-state index in [0.717, 1.165) is 38.5 Å². The summed E-state index contributed by atoms with van der Waals surface area (Å²) in [6.45, 7) is 1.63. The maximum atomic E-state index is 13.7. The van der Waals surface area contributed by atoms with Crippen molar-refractivity contribution in [2.75, 3.05) is 7.11 Å². The van der Waals surface area contributed by atoms with Crippen LogP contribution in [0.4, 0.5) is 0 Å². The summed E-state index contributed by atoms with van der Waals surface area (Å²) >= 11 is 0. The molecular weight excluding hydrogens is 510 g/mol. The van der Waals surface area contributed by atoms with Crippen LogP contribution in [0.5, 0.6) is 5.75 Å². The lowest BCUT2D eigenvalue weighted by atomic mass is 9.82. The number of fused-ring (bicyclic) bond motifs is 2. The number of nitrogens with zero attached hydrogens (tertiary/aromatic N) is 5. The van der Waals surface area contributed by atoms with E-state index in [-0.39, 0.29) is 54.5 Å². The first-order chi connectivity index (χ1) is 19.4. The van der Waals surface area contributed by atoms with Gasteiger partial charge in [-0.05, 0) is 68.2 Å². The number of methoxy groups -OCH3 is 1. The molecule has 10 heteroatoms. The lowest BCUT2D eigenvalue weighted by molar-refractivity contribution is -0.140. The molecule has 3 heterocycles. The topological polar surface area (TPSA) is 117 Å². The van der Waals surface area contributed by atoms with Gasteiger partial charge >= 0.3 is 0 Å². The Morgan fingerprint density at radius 3 is 2.67 bits per heavy atom. The van der Waals surface area contributed by atoms with Gasteiger partial charge in [-0.1, -0.05) is 6.42 Å². The molecule has 0 radical (unpaired) electrons. The van der Waals surface area contributed by atoms with E-state index in [4.69, 9.17) is 9.47 Å². The number of hydrogen-bond donors (Lipinski definition) is 0. The second-order valence-electron chi connectivity index (χ2n) is 11.4. The number of hydrogen-bond acceptors (Lipinski definition) is 8. The summed E-state index contributed by atoms with van der Waals surface area (Å²) in [4.78, 5) is 49.7. The van der Waals surface area contributed by atoms with Crippen LogP contribution in [-0.4, -0.2) is 67.4 Å².